The lowest BCUT2D eigenvalue weighted by Gasteiger charge is -2.11. The molecule has 0 unspecified atom stereocenters. The van der Waals surface area contributed by atoms with Crippen molar-refractivity contribution in [2.24, 2.45) is 0 Å². The van der Waals surface area contributed by atoms with Gasteiger partial charge in [0.1, 0.15) is 0 Å². The minimum Gasteiger partial charge on any atom is -0.488 e. The number of amides is 1. The van der Waals surface area contributed by atoms with Gasteiger partial charge in [0.05, 0.1) is 12.7 Å². The highest BCUT2D eigenvalue weighted by atomic mass is 19.1. The molecule has 1 N–H and O–H groups in total. The fraction of sp³-hybridized carbons (Fsp3) is 0.500. The molecule has 0 radical (unpaired) electrons. The van der Waals surface area contributed by atoms with Crippen LogP contribution in [0, 0.1) is 5.82 Å². The first-order valence-corrected chi connectivity index (χ1v) is 6.38. The van der Waals surface area contributed by atoms with E-state index < -0.39 is 6.09 Å². The van der Waals surface area contributed by atoms with E-state index >= 15 is 0 Å². The lowest BCUT2D eigenvalue weighted by molar-refractivity contribution is 0.152. The molecule has 1 rings (SSSR count). The Morgan fingerprint density at radius 3 is 2.74 bits per heavy atom. The predicted octanol–water partition coefficient (Wildman–Crippen LogP) is 2.90. The summed E-state index contributed by atoms with van der Waals surface area (Å²) in [5, 5.41) is 2.58. The van der Waals surface area contributed by atoms with E-state index in [9.17, 15) is 9.18 Å². The smallest absolute Gasteiger partial charge is 0.407 e. The fourth-order valence-corrected chi connectivity index (χ4v) is 1.54. The Balaban J connectivity index is 2.47. The number of benzene rings is 1. The van der Waals surface area contributed by atoms with Crippen LogP contribution in [0.5, 0.6) is 5.75 Å². The summed E-state index contributed by atoms with van der Waals surface area (Å²) in [7, 11) is 0. The third kappa shape index (κ3) is 5.59. The Morgan fingerprint density at radius 1 is 1.42 bits per heavy atom. The third-order valence-corrected chi connectivity index (χ3v) is 2.32. The first-order chi connectivity index (χ1) is 9.02. The largest absolute Gasteiger partial charge is 0.488 e. The molecule has 0 spiro atoms. The summed E-state index contributed by atoms with van der Waals surface area (Å²) >= 11 is 0. The van der Waals surface area contributed by atoms with Crippen LogP contribution in [0.4, 0.5) is 9.18 Å². The molecular weight excluding hydrogens is 249 g/mol. The van der Waals surface area contributed by atoms with E-state index in [0.29, 0.717) is 19.6 Å². The molecule has 0 aliphatic heterocycles. The van der Waals surface area contributed by atoms with Crippen molar-refractivity contribution in [3.8, 4) is 5.75 Å². The van der Waals surface area contributed by atoms with Crippen LogP contribution >= 0.6 is 0 Å². The number of alkyl carbamates (subject to hydrolysis) is 1. The SMILES string of the molecule is CCOC(=O)NCCc1ccc(OC(C)C)c(F)c1. The van der Waals surface area contributed by atoms with E-state index in [1.54, 1.807) is 19.1 Å². The highest BCUT2D eigenvalue weighted by Crippen LogP contribution is 2.19. The summed E-state index contributed by atoms with van der Waals surface area (Å²) in [4.78, 5) is 11.0. The Bertz CT molecular complexity index is 421. The first kappa shape index (κ1) is 15.3. The van der Waals surface area contributed by atoms with Gasteiger partial charge in [0.15, 0.2) is 11.6 Å². The number of carbonyl (C=O) groups is 1. The van der Waals surface area contributed by atoms with Gasteiger partial charge in [0.2, 0.25) is 0 Å². The van der Waals surface area contributed by atoms with Gasteiger partial charge in [-0.1, -0.05) is 6.07 Å². The maximum atomic E-state index is 13.7. The topological polar surface area (TPSA) is 47.6 Å². The zero-order valence-electron chi connectivity index (χ0n) is 11.5. The van der Waals surface area contributed by atoms with Crippen molar-refractivity contribution < 1.29 is 18.7 Å². The Labute approximate surface area is 112 Å². The van der Waals surface area contributed by atoms with Gasteiger partial charge in [-0.25, -0.2) is 9.18 Å². The van der Waals surface area contributed by atoms with E-state index in [2.05, 4.69) is 5.32 Å². The van der Waals surface area contributed by atoms with Crippen molar-refractivity contribution in [3.05, 3.63) is 29.6 Å². The van der Waals surface area contributed by atoms with Crippen molar-refractivity contribution >= 4 is 6.09 Å². The number of rotatable bonds is 6. The second kappa shape index (κ2) is 7.61. The predicted molar refractivity (Wildman–Crippen MR) is 70.9 cm³/mol. The molecule has 5 heteroatoms. The van der Waals surface area contributed by atoms with Gasteiger partial charge in [0.25, 0.3) is 0 Å². The van der Waals surface area contributed by atoms with Gasteiger partial charge in [-0.3, -0.25) is 0 Å². The summed E-state index contributed by atoms with van der Waals surface area (Å²) in [6.07, 6.45) is 0.0195. The Kier molecular flexibility index (Phi) is 6.12. The van der Waals surface area contributed by atoms with Crippen LogP contribution in [-0.4, -0.2) is 25.3 Å². The molecule has 0 aliphatic rings. The second-order valence-electron chi connectivity index (χ2n) is 4.33. The quantitative estimate of drug-likeness (QED) is 0.863. The molecular formula is C14H20FNO3. The van der Waals surface area contributed by atoms with Gasteiger partial charge < -0.3 is 14.8 Å². The minimum absolute atomic E-state index is 0.0640. The molecule has 0 aromatic heterocycles. The van der Waals surface area contributed by atoms with Crippen LogP contribution < -0.4 is 10.1 Å². The molecule has 0 fully saturated rings. The van der Waals surface area contributed by atoms with Crippen molar-refractivity contribution in [3.63, 3.8) is 0 Å². The number of halogens is 1. The fourth-order valence-electron chi connectivity index (χ4n) is 1.54. The van der Waals surface area contributed by atoms with Gasteiger partial charge in [0, 0.05) is 6.54 Å². The van der Waals surface area contributed by atoms with Crippen molar-refractivity contribution in [1.29, 1.82) is 0 Å². The highest BCUT2D eigenvalue weighted by Gasteiger charge is 2.07. The molecule has 1 amide bonds. The van der Waals surface area contributed by atoms with Crippen molar-refractivity contribution in [2.75, 3.05) is 13.2 Å². The zero-order valence-corrected chi connectivity index (χ0v) is 11.5. The third-order valence-electron chi connectivity index (χ3n) is 2.32. The van der Waals surface area contributed by atoms with Gasteiger partial charge in [-0.15, -0.1) is 0 Å². The lowest BCUT2D eigenvalue weighted by Crippen LogP contribution is -2.26. The summed E-state index contributed by atoms with van der Waals surface area (Å²) in [5.41, 5.74) is 0.797. The number of hydrogen-bond acceptors (Lipinski definition) is 3. The van der Waals surface area contributed by atoms with Gasteiger partial charge in [-0.2, -0.15) is 0 Å². The lowest BCUT2D eigenvalue weighted by atomic mass is 10.1. The van der Waals surface area contributed by atoms with Gasteiger partial charge >= 0.3 is 6.09 Å². The Hall–Kier alpha value is -1.78. The van der Waals surface area contributed by atoms with Gasteiger partial charge in [-0.05, 0) is 44.9 Å². The molecule has 0 atom stereocenters. The minimum atomic E-state index is -0.456. The molecule has 1 aromatic carbocycles. The normalized spacial score (nSPS) is 10.4. The Morgan fingerprint density at radius 2 is 2.16 bits per heavy atom. The summed E-state index contributed by atoms with van der Waals surface area (Å²) < 4.78 is 23.7. The standard InChI is InChI=1S/C14H20FNO3/c1-4-18-14(17)16-8-7-11-5-6-13(12(15)9-11)19-10(2)3/h5-6,9-10H,4,7-8H2,1-3H3,(H,16,17). The zero-order chi connectivity index (χ0) is 14.3. The summed E-state index contributed by atoms with van der Waals surface area (Å²) in [6, 6.07) is 4.81. The maximum Gasteiger partial charge on any atom is 0.407 e. The van der Waals surface area contributed by atoms with E-state index in [1.165, 1.54) is 6.07 Å². The molecule has 19 heavy (non-hydrogen) atoms. The number of carbonyl (C=O) groups excluding carboxylic acids is 1. The first-order valence-electron chi connectivity index (χ1n) is 6.38. The molecule has 0 saturated heterocycles. The van der Waals surface area contributed by atoms with E-state index in [1.807, 2.05) is 13.8 Å². The molecule has 4 nitrogen and oxygen atoms in total. The van der Waals surface area contributed by atoms with Crippen LogP contribution in [0.3, 0.4) is 0 Å². The molecule has 1 aromatic rings. The summed E-state index contributed by atoms with van der Waals surface area (Å²) in [5.74, 6) is -0.139. The average Bonchev–Trinajstić information content (AvgIpc) is 2.32. The highest BCUT2D eigenvalue weighted by molar-refractivity contribution is 5.67. The molecule has 0 aliphatic carbocycles. The number of nitrogens with one attached hydrogen (secondary N) is 1. The van der Waals surface area contributed by atoms with Crippen molar-refractivity contribution in [1.82, 2.24) is 5.32 Å². The molecule has 0 saturated carbocycles. The summed E-state index contributed by atoms with van der Waals surface area (Å²) in [6.45, 7) is 6.17. The van der Waals surface area contributed by atoms with Crippen LogP contribution in [0.1, 0.15) is 26.3 Å². The molecule has 106 valence electrons. The number of ether oxygens (including phenoxy) is 2. The van der Waals surface area contributed by atoms with Crippen LogP contribution in [0.2, 0.25) is 0 Å². The molecule has 0 bridgehead atoms. The van der Waals surface area contributed by atoms with E-state index in [0.717, 1.165) is 5.56 Å². The van der Waals surface area contributed by atoms with E-state index in [-0.39, 0.29) is 17.7 Å². The maximum absolute atomic E-state index is 13.7. The second-order valence-corrected chi connectivity index (χ2v) is 4.33. The number of hydrogen-bond donors (Lipinski definition) is 1. The van der Waals surface area contributed by atoms with Crippen LogP contribution in [-0.2, 0) is 11.2 Å². The molecule has 0 heterocycles. The van der Waals surface area contributed by atoms with Crippen LogP contribution in [0.15, 0.2) is 18.2 Å². The monoisotopic (exact) mass is 269 g/mol. The van der Waals surface area contributed by atoms with Crippen molar-refractivity contribution in [2.45, 2.75) is 33.3 Å². The van der Waals surface area contributed by atoms with Crippen LogP contribution in [0.25, 0.3) is 0 Å². The average molecular weight is 269 g/mol. The van der Waals surface area contributed by atoms with E-state index in [4.69, 9.17) is 9.47 Å².